The summed E-state index contributed by atoms with van der Waals surface area (Å²) in [6.45, 7) is 2.37. The van der Waals surface area contributed by atoms with Crippen molar-refractivity contribution in [1.82, 2.24) is 15.1 Å². The van der Waals surface area contributed by atoms with Crippen molar-refractivity contribution < 1.29 is 14.3 Å². The number of carbonyl (C=O) groups is 2. The van der Waals surface area contributed by atoms with Crippen molar-refractivity contribution in [3.63, 3.8) is 0 Å². The normalized spacial score (nSPS) is 27.3. The molecular weight excluding hydrogens is 294 g/mol. The highest BCUT2D eigenvalue weighted by Crippen LogP contribution is 2.32. The molecule has 2 amide bonds. The fraction of sp³-hybridized carbons (Fsp3) is 0.765. The standard InChI is InChI=1S/C17H27N3O3/c1-18-16(22)14-9-23-17(10-19(14)2)11-20(12-17)15(21)8-13-6-4-3-5-7-13/h6,14H,3-5,7-12H2,1-2H3,(H,18,22). The number of hydrogen-bond acceptors (Lipinski definition) is 4. The van der Waals surface area contributed by atoms with Crippen LogP contribution in [0.25, 0.3) is 0 Å². The summed E-state index contributed by atoms with van der Waals surface area (Å²) in [5, 5.41) is 2.67. The highest BCUT2D eigenvalue weighted by atomic mass is 16.5. The van der Waals surface area contributed by atoms with E-state index in [9.17, 15) is 9.59 Å². The molecule has 3 rings (SSSR count). The number of likely N-dealkylation sites (N-methyl/N-ethyl adjacent to an activating group) is 2. The fourth-order valence-corrected chi connectivity index (χ4v) is 3.82. The molecule has 2 aliphatic heterocycles. The number of amides is 2. The average molecular weight is 321 g/mol. The molecule has 6 nitrogen and oxygen atoms in total. The van der Waals surface area contributed by atoms with Crippen molar-refractivity contribution in [2.45, 2.75) is 43.7 Å². The summed E-state index contributed by atoms with van der Waals surface area (Å²) >= 11 is 0. The van der Waals surface area contributed by atoms with Gasteiger partial charge in [-0.3, -0.25) is 14.5 Å². The first-order valence-electron chi connectivity index (χ1n) is 8.54. The molecule has 1 unspecified atom stereocenters. The van der Waals surface area contributed by atoms with E-state index in [-0.39, 0.29) is 23.5 Å². The summed E-state index contributed by atoms with van der Waals surface area (Å²) in [6.07, 6.45) is 7.43. The summed E-state index contributed by atoms with van der Waals surface area (Å²) in [5.74, 6) is 0.197. The van der Waals surface area contributed by atoms with Gasteiger partial charge in [0.2, 0.25) is 11.8 Å². The van der Waals surface area contributed by atoms with Crippen LogP contribution in [0.2, 0.25) is 0 Å². The van der Waals surface area contributed by atoms with Gasteiger partial charge in [0.05, 0.1) is 19.7 Å². The van der Waals surface area contributed by atoms with Gasteiger partial charge in [0.15, 0.2) is 0 Å². The predicted molar refractivity (Wildman–Crippen MR) is 86.9 cm³/mol. The summed E-state index contributed by atoms with van der Waals surface area (Å²) in [6, 6.07) is -0.234. The smallest absolute Gasteiger partial charge is 0.239 e. The summed E-state index contributed by atoms with van der Waals surface area (Å²) < 4.78 is 5.97. The number of nitrogens with zero attached hydrogens (tertiary/aromatic N) is 2. The largest absolute Gasteiger partial charge is 0.368 e. The number of ether oxygens (including phenoxy) is 1. The molecule has 2 fully saturated rings. The van der Waals surface area contributed by atoms with Gasteiger partial charge in [0.1, 0.15) is 11.6 Å². The van der Waals surface area contributed by atoms with Crippen LogP contribution in [0.3, 0.4) is 0 Å². The lowest BCUT2D eigenvalue weighted by Gasteiger charge is -2.54. The van der Waals surface area contributed by atoms with Crippen LogP contribution in [-0.2, 0) is 14.3 Å². The third-order valence-corrected chi connectivity index (χ3v) is 5.24. The molecule has 6 heteroatoms. The SMILES string of the molecule is CNC(=O)C1COC2(CN(C(=O)CC3=CCCCC3)C2)CN1C. The average Bonchev–Trinajstić information content (AvgIpc) is 2.52. The maximum Gasteiger partial charge on any atom is 0.239 e. The molecule has 1 N–H and O–H groups in total. The van der Waals surface area contributed by atoms with Crippen molar-refractivity contribution in [2.75, 3.05) is 40.3 Å². The molecule has 0 aromatic carbocycles. The van der Waals surface area contributed by atoms with E-state index in [0.717, 1.165) is 12.8 Å². The second-order valence-corrected chi connectivity index (χ2v) is 7.07. The fourth-order valence-electron chi connectivity index (χ4n) is 3.82. The highest BCUT2D eigenvalue weighted by molar-refractivity contribution is 5.82. The first kappa shape index (κ1) is 16.5. The molecular formula is C17H27N3O3. The highest BCUT2D eigenvalue weighted by Gasteiger charge is 2.51. The van der Waals surface area contributed by atoms with E-state index in [2.05, 4.69) is 11.4 Å². The quantitative estimate of drug-likeness (QED) is 0.771. The monoisotopic (exact) mass is 321 g/mol. The maximum absolute atomic E-state index is 12.4. The molecule has 2 saturated heterocycles. The molecule has 0 saturated carbocycles. The van der Waals surface area contributed by atoms with Crippen LogP contribution in [0.1, 0.15) is 32.1 Å². The number of morpholine rings is 1. The number of nitrogens with one attached hydrogen (secondary N) is 1. The summed E-state index contributed by atoms with van der Waals surface area (Å²) in [7, 11) is 3.59. The van der Waals surface area contributed by atoms with E-state index in [0.29, 0.717) is 32.7 Å². The topological polar surface area (TPSA) is 61.9 Å². The van der Waals surface area contributed by atoms with Crippen molar-refractivity contribution in [3.8, 4) is 0 Å². The molecule has 1 aliphatic carbocycles. The molecule has 0 aromatic rings. The van der Waals surface area contributed by atoms with Crippen LogP contribution in [0.5, 0.6) is 0 Å². The van der Waals surface area contributed by atoms with E-state index in [1.54, 1.807) is 7.05 Å². The van der Waals surface area contributed by atoms with Gasteiger partial charge in [-0.05, 0) is 32.7 Å². The van der Waals surface area contributed by atoms with Crippen molar-refractivity contribution in [1.29, 1.82) is 0 Å². The van der Waals surface area contributed by atoms with Gasteiger partial charge >= 0.3 is 0 Å². The van der Waals surface area contributed by atoms with Crippen LogP contribution in [0.4, 0.5) is 0 Å². The molecule has 3 aliphatic rings. The van der Waals surface area contributed by atoms with Gasteiger partial charge in [-0.2, -0.15) is 0 Å². The number of hydrogen-bond donors (Lipinski definition) is 1. The minimum Gasteiger partial charge on any atom is -0.368 e. The van der Waals surface area contributed by atoms with Crippen LogP contribution < -0.4 is 5.32 Å². The van der Waals surface area contributed by atoms with Crippen LogP contribution in [-0.4, -0.2) is 73.6 Å². The molecule has 23 heavy (non-hydrogen) atoms. The molecule has 1 spiro atoms. The number of carbonyl (C=O) groups excluding carboxylic acids is 2. The van der Waals surface area contributed by atoms with Gasteiger partial charge in [0, 0.05) is 20.0 Å². The Bertz CT molecular complexity index is 511. The van der Waals surface area contributed by atoms with Crippen molar-refractivity contribution >= 4 is 11.8 Å². The van der Waals surface area contributed by atoms with Gasteiger partial charge in [-0.25, -0.2) is 0 Å². The lowest BCUT2D eigenvalue weighted by molar-refractivity contribution is -0.200. The molecule has 2 heterocycles. The molecule has 0 bridgehead atoms. The molecule has 0 radical (unpaired) electrons. The van der Waals surface area contributed by atoms with Crippen molar-refractivity contribution in [3.05, 3.63) is 11.6 Å². The maximum atomic E-state index is 12.4. The van der Waals surface area contributed by atoms with E-state index in [1.165, 1.54) is 18.4 Å². The zero-order valence-electron chi connectivity index (χ0n) is 14.1. The first-order valence-corrected chi connectivity index (χ1v) is 8.54. The number of rotatable bonds is 3. The van der Waals surface area contributed by atoms with Crippen molar-refractivity contribution in [2.24, 2.45) is 0 Å². The minimum absolute atomic E-state index is 0.0150. The number of likely N-dealkylation sites (tertiary alicyclic amines) is 1. The second kappa shape index (κ2) is 6.61. The predicted octanol–water partition coefficient (Wildman–Crippen LogP) is 0.535. The Morgan fingerprint density at radius 3 is 2.74 bits per heavy atom. The van der Waals surface area contributed by atoms with E-state index >= 15 is 0 Å². The summed E-state index contributed by atoms with van der Waals surface area (Å²) in [5.41, 5.74) is 1.01. The molecule has 0 aromatic heterocycles. The molecule has 128 valence electrons. The Kier molecular flexibility index (Phi) is 4.73. The Balaban J connectivity index is 1.49. The third-order valence-electron chi connectivity index (χ3n) is 5.24. The second-order valence-electron chi connectivity index (χ2n) is 7.07. The Labute approximate surface area is 137 Å². The van der Waals surface area contributed by atoms with Gasteiger partial charge in [-0.1, -0.05) is 11.6 Å². The van der Waals surface area contributed by atoms with E-state index in [1.807, 2.05) is 16.8 Å². The molecule has 1 atom stereocenters. The first-order chi connectivity index (χ1) is 11.0. The van der Waals surface area contributed by atoms with Gasteiger partial charge < -0.3 is 15.0 Å². The zero-order chi connectivity index (χ0) is 16.4. The Hall–Kier alpha value is -1.40. The third kappa shape index (κ3) is 3.43. The van der Waals surface area contributed by atoms with E-state index < -0.39 is 0 Å². The lowest BCUT2D eigenvalue weighted by Crippen LogP contribution is -2.73. The van der Waals surface area contributed by atoms with Gasteiger partial charge in [0.25, 0.3) is 0 Å². The summed E-state index contributed by atoms with van der Waals surface area (Å²) in [4.78, 5) is 28.1. The van der Waals surface area contributed by atoms with Crippen LogP contribution >= 0.6 is 0 Å². The van der Waals surface area contributed by atoms with E-state index in [4.69, 9.17) is 4.74 Å². The van der Waals surface area contributed by atoms with Crippen LogP contribution in [0, 0.1) is 0 Å². The lowest BCUT2D eigenvalue weighted by atomic mass is 9.89. The minimum atomic E-state index is -0.282. The zero-order valence-corrected chi connectivity index (χ0v) is 14.1. The number of allylic oxidation sites excluding steroid dienone is 1. The Morgan fingerprint density at radius 2 is 2.13 bits per heavy atom. The van der Waals surface area contributed by atoms with Gasteiger partial charge in [-0.15, -0.1) is 0 Å². The van der Waals surface area contributed by atoms with Crippen LogP contribution in [0.15, 0.2) is 11.6 Å². The Morgan fingerprint density at radius 1 is 1.35 bits per heavy atom.